The van der Waals surface area contributed by atoms with Gasteiger partial charge in [0.2, 0.25) is 0 Å². The van der Waals surface area contributed by atoms with E-state index in [1.54, 1.807) is 7.05 Å². The van der Waals surface area contributed by atoms with Crippen molar-refractivity contribution < 1.29 is 18.3 Å². The van der Waals surface area contributed by atoms with E-state index in [0.717, 1.165) is 0 Å². The minimum atomic E-state index is -0.530. The van der Waals surface area contributed by atoms with Crippen molar-refractivity contribution >= 4 is 29.2 Å². The molecule has 1 heterocycles. The molecule has 130 valence electrons. The number of likely N-dealkylation sites (N-methyl/N-ethyl adjacent to an activating group) is 1. The summed E-state index contributed by atoms with van der Waals surface area (Å²) in [4.78, 5) is 19.7. The molecule has 2 aromatic carbocycles. The number of carbonyl (C=O) groups is 1. The predicted molar refractivity (Wildman–Crippen MR) is 92.3 cm³/mol. The van der Waals surface area contributed by atoms with Crippen LogP contribution < -0.4 is 4.74 Å². The van der Waals surface area contributed by atoms with E-state index in [2.05, 4.69) is 9.97 Å². The van der Waals surface area contributed by atoms with Gasteiger partial charge in [-0.25, -0.2) is 8.78 Å². The van der Waals surface area contributed by atoms with Crippen LogP contribution in [0.3, 0.4) is 0 Å². The van der Waals surface area contributed by atoms with Crippen molar-refractivity contribution in [2.24, 2.45) is 0 Å². The van der Waals surface area contributed by atoms with Crippen molar-refractivity contribution in [3.8, 4) is 5.75 Å². The van der Waals surface area contributed by atoms with E-state index in [0.29, 0.717) is 21.6 Å². The van der Waals surface area contributed by atoms with Crippen LogP contribution in [0.1, 0.15) is 10.4 Å². The quantitative estimate of drug-likeness (QED) is 0.680. The van der Waals surface area contributed by atoms with Crippen LogP contribution in [0.5, 0.6) is 5.75 Å². The van der Waals surface area contributed by atoms with Gasteiger partial charge in [0.25, 0.3) is 5.91 Å². The summed E-state index contributed by atoms with van der Waals surface area (Å²) in [6.07, 6.45) is 0. The molecule has 0 fully saturated rings. The van der Waals surface area contributed by atoms with Crippen LogP contribution in [0.2, 0.25) is 0 Å². The number of rotatable bonds is 5. The lowest BCUT2D eigenvalue weighted by Crippen LogP contribution is -2.31. The first-order valence-electron chi connectivity index (χ1n) is 7.49. The summed E-state index contributed by atoms with van der Waals surface area (Å²) in [6, 6.07) is 8.04. The molecule has 0 atom stereocenters. The molecule has 0 spiro atoms. The van der Waals surface area contributed by atoms with Crippen molar-refractivity contribution in [3.05, 3.63) is 58.4 Å². The van der Waals surface area contributed by atoms with Gasteiger partial charge >= 0.3 is 0 Å². The van der Waals surface area contributed by atoms with Gasteiger partial charge < -0.3 is 19.6 Å². The molecule has 0 radical (unpaired) electrons. The number of carbonyl (C=O) groups excluding carboxylic acids is 1. The minimum Gasteiger partial charge on any atom is -0.492 e. The first kappa shape index (κ1) is 17.1. The second-order valence-corrected chi connectivity index (χ2v) is 5.89. The number of amides is 1. The Morgan fingerprint density at radius 3 is 2.60 bits per heavy atom. The van der Waals surface area contributed by atoms with Gasteiger partial charge in [-0.3, -0.25) is 4.79 Å². The SMILES string of the molecule is CN(CCOc1ccc(F)cc1)C(=O)c1cc(F)cc2[nH]c(=S)[nH]c12. The van der Waals surface area contributed by atoms with Gasteiger partial charge in [0.1, 0.15) is 24.0 Å². The van der Waals surface area contributed by atoms with Crippen LogP contribution in [-0.2, 0) is 0 Å². The summed E-state index contributed by atoms with van der Waals surface area (Å²) < 4.78 is 32.4. The number of benzene rings is 2. The molecule has 0 bridgehead atoms. The van der Waals surface area contributed by atoms with Crippen molar-refractivity contribution in [3.63, 3.8) is 0 Å². The Balaban J connectivity index is 1.70. The molecule has 0 aliphatic carbocycles. The number of aromatic amines is 2. The average Bonchev–Trinajstić information content (AvgIpc) is 2.95. The van der Waals surface area contributed by atoms with Crippen LogP contribution in [0.25, 0.3) is 11.0 Å². The molecule has 3 aromatic rings. The number of imidazole rings is 1. The molecular formula is C17H15F2N3O2S. The van der Waals surface area contributed by atoms with Crippen LogP contribution >= 0.6 is 12.2 Å². The zero-order valence-electron chi connectivity index (χ0n) is 13.3. The van der Waals surface area contributed by atoms with E-state index in [1.807, 2.05) is 0 Å². The topological polar surface area (TPSA) is 61.1 Å². The third kappa shape index (κ3) is 3.85. The summed E-state index contributed by atoms with van der Waals surface area (Å²) in [5.74, 6) is -0.738. The minimum absolute atomic E-state index is 0.187. The highest BCUT2D eigenvalue weighted by atomic mass is 32.1. The molecule has 0 aliphatic rings. The van der Waals surface area contributed by atoms with Gasteiger partial charge in [-0.2, -0.15) is 0 Å². The molecule has 0 saturated heterocycles. The lowest BCUT2D eigenvalue weighted by Gasteiger charge is -2.18. The number of nitrogens with zero attached hydrogens (tertiary/aromatic N) is 1. The number of halogens is 2. The molecule has 8 heteroatoms. The van der Waals surface area contributed by atoms with Crippen molar-refractivity contribution in [1.29, 1.82) is 0 Å². The number of hydrogen-bond donors (Lipinski definition) is 2. The number of hydrogen-bond acceptors (Lipinski definition) is 3. The largest absolute Gasteiger partial charge is 0.492 e. The number of H-pyrrole nitrogens is 2. The fraction of sp³-hybridized carbons (Fsp3) is 0.176. The van der Waals surface area contributed by atoms with Crippen LogP contribution in [-0.4, -0.2) is 41.0 Å². The Morgan fingerprint density at radius 1 is 1.16 bits per heavy atom. The number of fused-ring (bicyclic) bond motifs is 1. The second-order valence-electron chi connectivity index (χ2n) is 5.48. The Morgan fingerprint density at radius 2 is 1.88 bits per heavy atom. The van der Waals surface area contributed by atoms with E-state index in [1.165, 1.54) is 41.3 Å². The van der Waals surface area contributed by atoms with E-state index in [9.17, 15) is 13.6 Å². The summed E-state index contributed by atoms with van der Waals surface area (Å²) in [6.45, 7) is 0.495. The van der Waals surface area contributed by atoms with Crippen molar-refractivity contribution in [1.82, 2.24) is 14.9 Å². The molecule has 0 saturated carbocycles. The van der Waals surface area contributed by atoms with Gasteiger partial charge in [-0.15, -0.1) is 0 Å². The normalized spacial score (nSPS) is 10.8. The van der Waals surface area contributed by atoms with E-state index in [4.69, 9.17) is 17.0 Å². The van der Waals surface area contributed by atoms with Crippen molar-refractivity contribution in [2.45, 2.75) is 0 Å². The predicted octanol–water partition coefficient (Wildman–Crippen LogP) is 3.65. The van der Waals surface area contributed by atoms with Gasteiger partial charge in [-0.05, 0) is 48.6 Å². The fourth-order valence-corrected chi connectivity index (χ4v) is 2.63. The van der Waals surface area contributed by atoms with Gasteiger partial charge in [0.15, 0.2) is 4.77 Å². The first-order chi connectivity index (χ1) is 11.9. The van der Waals surface area contributed by atoms with Gasteiger partial charge in [-0.1, -0.05) is 0 Å². The molecular weight excluding hydrogens is 348 g/mol. The molecule has 25 heavy (non-hydrogen) atoms. The average molecular weight is 363 g/mol. The summed E-state index contributed by atoms with van der Waals surface area (Å²) >= 11 is 5.00. The number of aromatic nitrogens is 2. The maximum atomic E-state index is 13.7. The molecule has 1 amide bonds. The summed E-state index contributed by atoms with van der Waals surface area (Å²) in [5.41, 5.74) is 1.08. The maximum Gasteiger partial charge on any atom is 0.256 e. The lowest BCUT2D eigenvalue weighted by atomic mass is 10.1. The van der Waals surface area contributed by atoms with E-state index >= 15 is 0 Å². The highest BCUT2D eigenvalue weighted by Gasteiger charge is 2.17. The molecule has 2 N–H and O–H groups in total. The van der Waals surface area contributed by atoms with E-state index < -0.39 is 5.82 Å². The van der Waals surface area contributed by atoms with Crippen molar-refractivity contribution in [2.75, 3.05) is 20.2 Å². The maximum absolute atomic E-state index is 13.7. The zero-order valence-corrected chi connectivity index (χ0v) is 14.1. The highest BCUT2D eigenvalue weighted by Crippen LogP contribution is 2.19. The second kappa shape index (κ2) is 7.02. The van der Waals surface area contributed by atoms with Crippen LogP contribution in [0.4, 0.5) is 8.78 Å². The zero-order chi connectivity index (χ0) is 18.0. The Kier molecular flexibility index (Phi) is 4.80. The standard InChI is InChI=1S/C17H15F2N3O2S/c1-22(6-7-24-12-4-2-10(18)3-5-12)16(23)13-8-11(19)9-14-15(13)21-17(25)20-14/h2-5,8-9H,6-7H2,1H3,(H2,20,21,25). The fourth-order valence-electron chi connectivity index (χ4n) is 2.41. The molecule has 0 unspecified atom stereocenters. The molecule has 0 aliphatic heterocycles. The third-order valence-corrected chi connectivity index (χ3v) is 3.88. The highest BCUT2D eigenvalue weighted by molar-refractivity contribution is 7.71. The molecule has 1 aromatic heterocycles. The number of ether oxygens (including phenoxy) is 1. The third-order valence-electron chi connectivity index (χ3n) is 3.68. The Labute approximate surface area is 147 Å². The first-order valence-corrected chi connectivity index (χ1v) is 7.90. The Bertz CT molecular complexity index is 966. The monoisotopic (exact) mass is 363 g/mol. The molecule has 3 rings (SSSR count). The smallest absolute Gasteiger partial charge is 0.256 e. The van der Waals surface area contributed by atoms with Gasteiger partial charge in [0.05, 0.1) is 23.1 Å². The van der Waals surface area contributed by atoms with E-state index in [-0.39, 0.29) is 30.4 Å². The van der Waals surface area contributed by atoms with Crippen LogP contribution in [0, 0.1) is 16.4 Å². The summed E-state index contributed by atoms with van der Waals surface area (Å²) in [5, 5.41) is 0. The molecule has 5 nitrogen and oxygen atoms in total. The Hall–Kier alpha value is -2.74. The summed E-state index contributed by atoms with van der Waals surface area (Å²) in [7, 11) is 1.59. The lowest BCUT2D eigenvalue weighted by molar-refractivity contribution is 0.0775. The van der Waals surface area contributed by atoms with Crippen LogP contribution in [0.15, 0.2) is 36.4 Å². The van der Waals surface area contributed by atoms with Gasteiger partial charge in [0, 0.05) is 7.05 Å². The number of nitrogens with one attached hydrogen (secondary N) is 2.